The summed E-state index contributed by atoms with van der Waals surface area (Å²) in [6.07, 6.45) is -3.18. The first kappa shape index (κ1) is 27.3. The number of morpholine rings is 1. The van der Waals surface area contributed by atoms with Gasteiger partial charge in [0, 0.05) is 51.9 Å². The number of halogens is 5. The van der Waals surface area contributed by atoms with E-state index in [1.807, 2.05) is 4.57 Å². The van der Waals surface area contributed by atoms with Gasteiger partial charge < -0.3 is 9.47 Å². The quantitative estimate of drug-likeness (QED) is 0.390. The zero-order valence-corrected chi connectivity index (χ0v) is 22.2. The van der Waals surface area contributed by atoms with Crippen molar-refractivity contribution in [3.8, 4) is 5.75 Å². The van der Waals surface area contributed by atoms with Gasteiger partial charge >= 0.3 is 12.1 Å². The third kappa shape index (κ3) is 6.31. The molecule has 0 radical (unpaired) electrons. The Labute approximate surface area is 228 Å². The largest absolute Gasteiger partial charge is 0.573 e. The summed E-state index contributed by atoms with van der Waals surface area (Å²) in [7, 11) is 0. The van der Waals surface area contributed by atoms with Crippen molar-refractivity contribution in [2.24, 2.45) is 0 Å². The lowest BCUT2D eigenvalue weighted by Gasteiger charge is -2.32. The minimum Gasteiger partial charge on any atom is -0.406 e. The summed E-state index contributed by atoms with van der Waals surface area (Å²) < 4.78 is 50.3. The molecule has 2 aliphatic heterocycles. The highest BCUT2D eigenvalue weighted by atomic mass is 35.5. The molecule has 206 valence electrons. The van der Waals surface area contributed by atoms with Gasteiger partial charge in [-0.05, 0) is 42.7 Å². The number of imidazole rings is 1. The number of likely N-dealkylation sites (tertiary alicyclic amines) is 1. The number of nitrogens with zero attached hydrogens (tertiary/aromatic N) is 4. The van der Waals surface area contributed by atoms with Crippen LogP contribution in [0.3, 0.4) is 0 Å². The fraction of sp³-hybridized carbons (Fsp3) is 0.500. The van der Waals surface area contributed by atoms with Crippen molar-refractivity contribution in [2.45, 2.75) is 38.3 Å². The van der Waals surface area contributed by atoms with Gasteiger partial charge in [0.25, 0.3) is 0 Å². The van der Waals surface area contributed by atoms with Crippen LogP contribution < -0.4 is 10.4 Å². The number of ether oxygens (including phenoxy) is 2. The van der Waals surface area contributed by atoms with Gasteiger partial charge in [0.15, 0.2) is 0 Å². The second-order valence-corrected chi connectivity index (χ2v) is 10.5. The number of alkyl halides is 3. The number of fused-ring (bicyclic) bond motifs is 1. The highest BCUT2D eigenvalue weighted by molar-refractivity contribution is 6.42. The molecule has 2 saturated heterocycles. The molecule has 0 atom stereocenters. The molecule has 0 bridgehead atoms. The van der Waals surface area contributed by atoms with Crippen molar-refractivity contribution >= 4 is 34.2 Å². The van der Waals surface area contributed by atoms with E-state index >= 15 is 0 Å². The average molecular weight is 573 g/mol. The molecule has 5 rings (SSSR count). The Morgan fingerprint density at radius 3 is 2.16 bits per heavy atom. The Kier molecular flexibility index (Phi) is 8.25. The average Bonchev–Trinajstić information content (AvgIpc) is 3.14. The summed E-state index contributed by atoms with van der Waals surface area (Å²) >= 11 is 12.7. The number of aromatic nitrogens is 2. The van der Waals surface area contributed by atoms with E-state index in [0.717, 1.165) is 62.2 Å². The molecule has 1 aromatic heterocycles. The summed E-state index contributed by atoms with van der Waals surface area (Å²) in [6, 6.07) is 9.51. The van der Waals surface area contributed by atoms with Gasteiger partial charge in [-0.3, -0.25) is 18.9 Å². The van der Waals surface area contributed by atoms with Crippen LogP contribution in [0.4, 0.5) is 13.2 Å². The topological polar surface area (TPSA) is 51.9 Å². The molecule has 7 nitrogen and oxygen atoms in total. The molecule has 2 aliphatic rings. The van der Waals surface area contributed by atoms with Crippen molar-refractivity contribution < 1.29 is 22.6 Å². The van der Waals surface area contributed by atoms with E-state index in [0.29, 0.717) is 36.3 Å². The normalized spacial score (nSPS) is 18.3. The van der Waals surface area contributed by atoms with Crippen LogP contribution in [-0.2, 0) is 17.8 Å². The van der Waals surface area contributed by atoms with E-state index in [1.54, 1.807) is 28.8 Å². The molecular weight excluding hydrogens is 544 g/mol. The molecule has 0 unspecified atom stereocenters. The maximum absolute atomic E-state index is 13.7. The van der Waals surface area contributed by atoms with E-state index in [1.165, 1.54) is 12.1 Å². The van der Waals surface area contributed by atoms with Crippen LogP contribution in [0, 0.1) is 0 Å². The lowest BCUT2D eigenvalue weighted by Crippen LogP contribution is -2.40. The standard InChI is InChI=1S/C26H29Cl2F3N4O3/c27-21-15-23-24(16-22(21)28)35(25(36)34(23)10-9-32-11-13-37-14-12-32)19-5-7-33(8-6-19)17-18-1-3-20(4-2-18)38-26(29,30)31/h1-4,15-16,19H,5-14,17H2. The Balaban J connectivity index is 1.29. The molecule has 0 aliphatic carbocycles. The van der Waals surface area contributed by atoms with Crippen LogP contribution in [0.2, 0.25) is 10.0 Å². The van der Waals surface area contributed by atoms with Crippen LogP contribution in [0.25, 0.3) is 11.0 Å². The van der Waals surface area contributed by atoms with Crippen molar-refractivity contribution in [1.82, 2.24) is 18.9 Å². The van der Waals surface area contributed by atoms with Gasteiger partial charge in [-0.1, -0.05) is 35.3 Å². The summed E-state index contributed by atoms with van der Waals surface area (Å²) in [5, 5.41) is 0.826. The highest BCUT2D eigenvalue weighted by Gasteiger charge is 2.31. The molecule has 3 heterocycles. The minimum absolute atomic E-state index is 0.00527. The van der Waals surface area contributed by atoms with Gasteiger partial charge in [-0.15, -0.1) is 13.2 Å². The predicted octanol–water partition coefficient (Wildman–Crippen LogP) is 5.18. The Bertz CT molecular complexity index is 1310. The molecule has 2 aromatic carbocycles. The van der Waals surface area contributed by atoms with Crippen molar-refractivity contribution in [1.29, 1.82) is 0 Å². The number of benzene rings is 2. The monoisotopic (exact) mass is 572 g/mol. The lowest BCUT2D eigenvalue weighted by molar-refractivity contribution is -0.274. The third-order valence-electron chi connectivity index (χ3n) is 7.23. The number of hydrogen-bond donors (Lipinski definition) is 0. The highest BCUT2D eigenvalue weighted by Crippen LogP contribution is 2.32. The first-order valence-electron chi connectivity index (χ1n) is 12.6. The summed E-state index contributed by atoms with van der Waals surface area (Å²) in [5.74, 6) is -0.233. The second kappa shape index (κ2) is 11.5. The molecule has 0 spiro atoms. The number of hydrogen-bond acceptors (Lipinski definition) is 5. The molecule has 0 N–H and O–H groups in total. The minimum atomic E-state index is -4.71. The summed E-state index contributed by atoms with van der Waals surface area (Å²) in [4.78, 5) is 18.2. The smallest absolute Gasteiger partial charge is 0.406 e. The van der Waals surface area contributed by atoms with E-state index in [-0.39, 0.29) is 17.5 Å². The molecule has 38 heavy (non-hydrogen) atoms. The molecular formula is C26H29Cl2F3N4O3. The van der Waals surface area contributed by atoms with E-state index in [2.05, 4.69) is 14.5 Å². The molecule has 0 amide bonds. The summed E-state index contributed by atoms with van der Waals surface area (Å²) in [5.41, 5.74) is 2.40. The van der Waals surface area contributed by atoms with Gasteiger partial charge in [0.05, 0.1) is 34.3 Å². The van der Waals surface area contributed by atoms with E-state index in [9.17, 15) is 18.0 Å². The van der Waals surface area contributed by atoms with E-state index in [4.69, 9.17) is 27.9 Å². The maximum atomic E-state index is 13.7. The van der Waals surface area contributed by atoms with Gasteiger partial charge in [0.1, 0.15) is 5.75 Å². The fourth-order valence-corrected chi connectivity index (χ4v) is 5.61. The zero-order chi connectivity index (χ0) is 26.9. The van der Waals surface area contributed by atoms with Crippen molar-refractivity contribution in [2.75, 3.05) is 45.9 Å². The summed E-state index contributed by atoms with van der Waals surface area (Å²) in [6.45, 7) is 6.48. The first-order valence-corrected chi connectivity index (χ1v) is 13.4. The number of piperidine rings is 1. The lowest BCUT2D eigenvalue weighted by atomic mass is 10.0. The van der Waals surface area contributed by atoms with Crippen LogP contribution in [0.5, 0.6) is 5.75 Å². The molecule has 12 heteroatoms. The van der Waals surface area contributed by atoms with Gasteiger partial charge in [0.2, 0.25) is 0 Å². The second-order valence-electron chi connectivity index (χ2n) is 9.71. The van der Waals surface area contributed by atoms with Crippen LogP contribution >= 0.6 is 23.2 Å². The van der Waals surface area contributed by atoms with Gasteiger partial charge in [-0.25, -0.2) is 4.79 Å². The van der Waals surface area contributed by atoms with Crippen LogP contribution in [-0.4, -0.2) is 71.2 Å². The van der Waals surface area contributed by atoms with Crippen LogP contribution in [0.15, 0.2) is 41.2 Å². The Morgan fingerprint density at radius 1 is 0.895 bits per heavy atom. The Morgan fingerprint density at radius 2 is 1.53 bits per heavy atom. The number of rotatable bonds is 7. The SMILES string of the molecule is O=c1n(CCN2CCOCC2)c2cc(Cl)c(Cl)cc2n1C1CCN(Cc2ccc(OC(F)(F)F)cc2)CC1. The van der Waals surface area contributed by atoms with Crippen molar-refractivity contribution in [3.05, 3.63) is 62.5 Å². The predicted molar refractivity (Wildman–Crippen MR) is 140 cm³/mol. The first-order chi connectivity index (χ1) is 18.2. The van der Waals surface area contributed by atoms with Gasteiger partial charge in [-0.2, -0.15) is 0 Å². The third-order valence-corrected chi connectivity index (χ3v) is 7.96. The zero-order valence-electron chi connectivity index (χ0n) is 20.7. The van der Waals surface area contributed by atoms with E-state index < -0.39 is 6.36 Å². The fourth-order valence-electron chi connectivity index (χ4n) is 5.30. The Hall–Kier alpha value is -2.24. The maximum Gasteiger partial charge on any atom is 0.573 e. The molecule has 3 aromatic rings. The molecule has 0 saturated carbocycles. The molecule has 2 fully saturated rings. The van der Waals surface area contributed by atoms with Crippen LogP contribution in [0.1, 0.15) is 24.4 Å². The van der Waals surface area contributed by atoms with Crippen molar-refractivity contribution in [3.63, 3.8) is 0 Å².